The Hall–Kier alpha value is -4.44. The van der Waals surface area contributed by atoms with E-state index in [1.54, 1.807) is 0 Å². The Morgan fingerprint density at radius 2 is 1.65 bits per heavy atom. The third kappa shape index (κ3) is 5.70. The van der Waals surface area contributed by atoms with Crippen molar-refractivity contribution < 1.29 is 27.1 Å². The highest BCUT2D eigenvalue weighted by atomic mass is 32.2. The Morgan fingerprint density at radius 3 is 2.38 bits per heavy atom. The van der Waals surface area contributed by atoms with Gasteiger partial charge in [0.05, 0.1) is 31.0 Å². The van der Waals surface area contributed by atoms with Crippen LogP contribution in [0.3, 0.4) is 0 Å². The highest BCUT2D eigenvalue weighted by molar-refractivity contribution is 7.92. The summed E-state index contributed by atoms with van der Waals surface area (Å²) in [6.45, 7) is -0.602. The van der Waals surface area contributed by atoms with E-state index in [9.17, 15) is 17.6 Å². The van der Waals surface area contributed by atoms with Crippen LogP contribution >= 0.6 is 0 Å². The Morgan fingerprint density at radius 1 is 0.946 bits per heavy atom. The zero-order chi connectivity index (χ0) is 26.4. The number of nitrogens with zero attached hydrogens (tertiary/aromatic N) is 2. The molecule has 4 aromatic carbocycles. The first-order chi connectivity index (χ1) is 17.8. The van der Waals surface area contributed by atoms with Gasteiger partial charge in [-0.25, -0.2) is 18.2 Å². The molecule has 0 saturated carbocycles. The molecule has 0 aliphatic carbocycles. The number of carbonyl (C=O) groups is 1. The number of ether oxygens (including phenoxy) is 2. The molecule has 0 aliphatic heterocycles. The lowest BCUT2D eigenvalue weighted by atomic mass is 10.1. The van der Waals surface area contributed by atoms with Crippen molar-refractivity contribution >= 4 is 38.6 Å². The van der Waals surface area contributed by atoms with E-state index in [0.29, 0.717) is 5.75 Å². The van der Waals surface area contributed by atoms with Crippen LogP contribution < -0.4 is 19.2 Å². The molecule has 0 radical (unpaired) electrons. The van der Waals surface area contributed by atoms with Crippen LogP contribution in [0.5, 0.6) is 11.5 Å². The first-order valence-corrected chi connectivity index (χ1v) is 12.6. The largest absolute Gasteiger partial charge is 0.493 e. The molecule has 0 atom stereocenters. The van der Waals surface area contributed by atoms with E-state index in [2.05, 4.69) is 10.5 Å². The van der Waals surface area contributed by atoms with Gasteiger partial charge >= 0.3 is 0 Å². The van der Waals surface area contributed by atoms with Crippen LogP contribution in [0.15, 0.2) is 94.9 Å². The molecule has 0 aliphatic rings. The number of rotatable bonds is 9. The Kier molecular flexibility index (Phi) is 7.69. The third-order valence-electron chi connectivity index (χ3n) is 5.56. The topological polar surface area (TPSA) is 97.3 Å². The van der Waals surface area contributed by atoms with Crippen molar-refractivity contribution in [3.63, 3.8) is 0 Å². The molecule has 1 N–H and O–H groups in total. The molecule has 4 rings (SSSR count). The lowest BCUT2D eigenvalue weighted by molar-refractivity contribution is -0.119. The van der Waals surface area contributed by atoms with E-state index in [1.165, 1.54) is 50.8 Å². The second-order valence-corrected chi connectivity index (χ2v) is 9.73. The van der Waals surface area contributed by atoms with Gasteiger partial charge in [-0.05, 0) is 47.2 Å². The van der Waals surface area contributed by atoms with Crippen molar-refractivity contribution in [1.82, 2.24) is 5.43 Å². The number of hydrazone groups is 1. The maximum Gasteiger partial charge on any atom is 0.264 e. The number of anilines is 1. The minimum absolute atomic E-state index is 0.101. The van der Waals surface area contributed by atoms with Crippen molar-refractivity contribution in [2.75, 3.05) is 25.1 Å². The Labute approximate surface area is 214 Å². The maximum atomic E-state index is 13.6. The molecule has 190 valence electrons. The summed E-state index contributed by atoms with van der Waals surface area (Å²) >= 11 is 0. The number of amides is 1. The molecule has 0 aromatic heterocycles. The van der Waals surface area contributed by atoms with E-state index in [0.717, 1.165) is 32.8 Å². The molecule has 0 bridgehead atoms. The van der Waals surface area contributed by atoms with Gasteiger partial charge in [-0.2, -0.15) is 5.10 Å². The average molecular weight is 522 g/mol. The summed E-state index contributed by atoms with van der Waals surface area (Å²) in [4.78, 5) is 12.7. The average Bonchev–Trinajstić information content (AvgIpc) is 2.92. The van der Waals surface area contributed by atoms with E-state index in [1.807, 2.05) is 42.5 Å². The minimum atomic E-state index is -4.26. The van der Waals surface area contributed by atoms with Crippen LogP contribution in [0.2, 0.25) is 0 Å². The fraction of sp³-hybridized carbons (Fsp3) is 0.111. The number of hydrogen-bond donors (Lipinski definition) is 1. The number of sulfonamides is 1. The third-order valence-corrected chi connectivity index (χ3v) is 7.33. The molecule has 1 amide bonds. The summed E-state index contributed by atoms with van der Waals surface area (Å²) in [7, 11) is -1.45. The number of nitrogens with one attached hydrogen (secondary N) is 1. The molecule has 0 unspecified atom stereocenters. The SMILES string of the molecule is COc1ccc(S(=O)(=O)N(CC(=O)N/N=C\c2cccc3ccccc23)c2ccc(F)cc2)cc1OC. The van der Waals surface area contributed by atoms with Gasteiger partial charge in [-0.3, -0.25) is 9.10 Å². The van der Waals surface area contributed by atoms with Crippen molar-refractivity contribution in [2.24, 2.45) is 5.10 Å². The predicted molar refractivity (Wildman–Crippen MR) is 140 cm³/mol. The summed E-state index contributed by atoms with van der Waals surface area (Å²) in [5.74, 6) is -0.691. The quantitative estimate of drug-likeness (QED) is 0.261. The second-order valence-electron chi connectivity index (χ2n) is 7.87. The predicted octanol–water partition coefficient (Wildman–Crippen LogP) is 4.34. The normalized spacial score (nSPS) is 11.4. The van der Waals surface area contributed by atoms with Gasteiger partial charge in [0.25, 0.3) is 15.9 Å². The van der Waals surface area contributed by atoms with Crippen LogP contribution in [0.4, 0.5) is 10.1 Å². The number of halogens is 1. The van der Waals surface area contributed by atoms with E-state index < -0.39 is 28.3 Å². The van der Waals surface area contributed by atoms with Gasteiger partial charge < -0.3 is 9.47 Å². The molecule has 37 heavy (non-hydrogen) atoms. The fourth-order valence-electron chi connectivity index (χ4n) is 3.73. The standard InChI is InChI=1S/C27H24FN3O5S/c1-35-25-15-14-23(16-26(25)36-2)37(33,34)31(22-12-10-21(28)11-13-22)18-27(32)30-29-17-20-8-5-7-19-6-3-4-9-24(19)20/h3-17H,18H2,1-2H3,(H,30,32)/b29-17-. The van der Waals surface area contributed by atoms with Crippen LogP contribution in [-0.4, -0.2) is 41.3 Å². The summed E-state index contributed by atoms with van der Waals surface area (Å²) in [5, 5.41) is 5.98. The van der Waals surface area contributed by atoms with E-state index in [-0.39, 0.29) is 16.3 Å². The van der Waals surface area contributed by atoms with Crippen LogP contribution in [-0.2, 0) is 14.8 Å². The number of benzene rings is 4. The van der Waals surface area contributed by atoms with Crippen molar-refractivity contribution in [3.8, 4) is 11.5 Å². The Bertz CT molecular complexity index is 1550. The second kappa shape index (κ2) is 11.1. The first kappa shape index (κ1) is 25.6. The molecule has 0 heterocycles. The van der Waals surface area contributed by atoms with E-state index >= 15 is 0 Å². The summed E-state index contributed by atoms with van der Waals surface area (Å²) in [6, 6.07) is 22.3. The fourth-order valence-corrected chi connectivity index (χ4v) is 5.17. The lowest BCUT2D eigenvalue weighted by Crippen LogP contribution is -2.39. The molecule has 0 fully saturated rings. The van der Waals surface area contributed by atoms with Gasteiger partial charge in [0, 0.05) is 11.6 Å². The highest BCUT2D eigenvalue weighted by Gasteiger charge is 2.28. The molecular weight excluding hydrogens is 497 g/mol. The summed E-state index contributed by atoms with van der Waals surface area (Å²) < 4.78 is 52.0. The molecule has 0 saturated heterocycles. The molecule has 8 nitrogen and oxygen atoms in total. The molecular formula is C27H24FN3O5S. The minimum Gasteiger partial charge on any atom is -0.493 e. The van der Waals surface area contributed by atoms with Gasteiger partial charge in [-0.15, -0.1) is 0 Å². The lowest BCUT2D eigenvalue weighted by Gasteiger charge is -2.24. The van der Waals surface area contributed by atoms with Gasteiger partial charge in [0.2, 0.25) is 0 Å². The van der Waals surface area contributed by atoms with Crippen molar-refractivity contribution in [3.05, 3.63) is 96.3 Å². The van der Waals surface area contributed by atoms with Gasteiger partial charge in [0.1, 0.15) is 12.4 Å². The monoisotopic (exact) mass is 521 g/mol. The zero-order valence-electron chi connectivity index (χ0n) is 20.1. The first-order valence-electron chi connectivity index (χ1n) is 11.1. The number of hydrogen-bond acceptors (Lipinski definition) is 6. The molecule has 4 aromatic rings. The van der Waals surface area contributed by atoms with Gasteiger partial charge in [0.15, 0.2) is 11.5 Å². The van der Waals surface area contributed by atoms with Crippen molar-refractivity contribution in [2.45, 2.75) is 4.90 Å². The van der Waals surface area contributed by atoms with Crippen LogP contribution in [0.25, 0.3) is 10.8 Å². The zero-order valence-corrected chi connectivity index (χ0v) is 20.9. The van der Waals surface area contributed by atoms with Gasteiger partial charge in [-0.1, -0.05) is 42.5 Å². The van der Waals surface area contributed by atoms with Crippen LogP contribution in [0, 0.1) is 5.82 Å². The van der Waals surface area contributed by atoms with Crippen molar-refractivity contribution in [1.29, 1.82) is 0 Å². The van der Waals surface area contributed by atoms with E-state index in [4.69, 9.17) is 9.47 Å². The maximum absolute atomic E-state index is 13.6. The van der Waals surface area contributed by atoms with Crippen LogP contribution in [0.1, 0.15) is 5.56 Å². The highest BCUT2D eigenvalue weighted by Crippen LogP contribution is 2.32. The molecule has 0 spiro atoms. The molecule has 10 heteroatoms. The number of methoxy groups -OCH3 is 2. The number of carbonyl (C=O) groups excluding carboxylic acids is 1. The smallest absolute Gasteiger partial charge is 0.264 e. The summed E-state index contributed by atoms with van der Waals surface area (Å²) in [6.07, 6.45) is 1.49. The summed E-state index contributed by atoms with van der Waals surface area (Å²) in [5.41, 5.74) is 3.26. The number of fused-ring (bicyclic) bond motifs is 1. The Balaban J connectivity index is 1.61.